The summed E-state index contributed by atoms with van der Waals surface area (Å²) in [6.45, 7) is 2.07. The second-order valence-electron chi connectivity index (χ2n) is 7.29. The third kappa shape index (κ3) is 2.74. The molecule has 2 saturated heterocycles. The minimum atomic E-state index is -0.784. The van der Waals surface area contributed by atoms with Crippen LogP contribution in [0.4, 0.5) is 0 Å². The standard InChI is InChI=1S/C22H22N2O3/c1-15-5-3-4-6-18(15)16-7-9-17(10-8-16)21(26)24-20-11-12-22(24,14-25)13-19(20)23-27-2/h3-10,14,20H,11-13H2,1-2H3/b23-19+. The van der Waals surface area contributed by atoms with Gasteiger partial charge in [-0.3, -0.25) is 4.79 Å². The van der Waals surface area contributed by atoms with Gasteiger partial charge in [0.2, 0.25) is 0 Å². The first-order chi connectivity index (χ1) is 13.1. The number of carbonyl (C=O) groups excluding carboxylic acids is 2. The molecule has 0 spiro atoms. The summed E-state index contributed by atoms with van der Waals surface area (Å²) in [5.41, 5.74) is 3.99. The predicted octanol–water partition coefficient (Wildman–Crippen LogP) is 3.61. The summed E-state index contributed by atoms with van der Waals surface area (Å²) in [5.74, 6) is -0.123. The van der Waals surface area contributed by atoms with Crippen molar-refractivity contribution in [3.05, 3.63) is 59.7 Å². The third-order valence-electron chi connectivity index (χ3n) is 5.75. The molecule has 0 aliphatic carbocycles. The summed E-state index contributed by atoms with van der Waals surface area (Å²) in [6.07, 6.45) is 2.79. The van der Waals surface area contributed by atoms with Gasteiger partial charge in [-0.25, -0.2) is 0 Å². The van der Waals surface area contributed by atoms with Crippen LogP contribution in [0.2, 0.25) is 0 Å². The van der Waals surface area contributed by atoms with E-state index < -0.39 is 5.54 Å². The number of benzene rings is 2. The van der Waals surface area contributed by atoms with Gasteiger partial charge < -0.3 is 14.5 Å². The zero-order valence-corrected chi connectivity index (χ0v) is 15.5. The molecule has 0 aromatic heterocycles. The van der Waals surface area contributed by atoms with E-state index in [-0.39, 0.29) is 11.9 Å². The van der Waals surface area contributed by atoms with Gasteiger partial charge in [0.25, 0.3) is 5.91 Å². The van der Waals surface area contributed by atoms with Crippen molar-refractivity contribution in [3.63, 3.8) is 0 Å². The molecule has 2 heterocycles. The van der Waals surface area contributed by atoms with Crippen molar-refractivity contribution < 1.29 is 14.4 Å². The number of nitrogens with zero attached hydrogens (tertiary/aromatic N) is 2. The quantitative estimate of drug-likeness (QED) is 0.617. The highest BCUT2D eigenvalue weighted by atomic mass is 16.6. The summed E-state index contributed by atoms with van der Waals surface area (Å²) in [6, 6.07) is 15.6. The molecule has 0 radical (unpaired) electrons. The van der Waals surface area contributed by atoms with Crippen molar-refractivity contribution in [1.29, 1.82) is 0 Å². The fraction of sp³-hybridized carbons (Fsp3) is 0.318. The number of hydrogen-bond acceptors (Lipinski definition) is 4. The van der Waals surface area contributed by atoms with Crippen LogP contribution in [-0.2, 0) is 9.63 Å². The Morgan fingerprint density at radius 3 is 2.63 bits per heavy atom. The van der Waals surface area contributed by atoms with Gasteiger partial charge in [-0.2, -0.15) is 0 Å². The van der Waals surface area contributed by atoms with Crippen LogP contribution in [0.3, 0.4) is 0 Å². The van der Waals surface area contributed by atoms with E-state index in [1.165, 1.54) is 12.7 Å². The van der Waals surface area contributed by atoms with Crippen LogP contribution >= 0.6 is 0 Å². The van der Waals surface area contributed by atoms with Crippen LogP contribution in [0, 0.1) is 6.92 Å². The van der Waals surface area contributed by atoms with Crippen molar-refractivity contribution >= 4 is 17.9 Å². The molecule has 4 rings (SSSR count). The third-order valence-corrected chi connectivity index (χ3v) is 5.75. The fourth-order valence-corrected chi connectivity index (χ4v) is 4.41. The predicted molar refractivity (Wildman–Crippen MR) is 104 cm³/mol. The van der Waals surface area contributed by atoms with Crippen molar-refractivity contribution in [2.45, 2.75) is 37.8 Å². The molecule has 138 valence electrons. The maximum atomic E-state index is 13.2. The topological polar surface area (TPSA) is 59.0 Å². The highest BCUT2D eigenvalue weighted by Gasteiger charge is 2.57. The van der Waals surface area contributed by atoms with Gasteiger partial charge in [-0.05, 0) is 48.6 Å². The van der Waals surface area contributed by atoms with E-state index in [0.29, 0.717) is 18.4 Å². The molecular formula is C22H22N2O3. The summed E-state index contributed by atoms with van der Waals surface area (Å²) >= 11 is 0. The largest absolute Gasteiger partial charge is 0.399 e. The van der Waals surface area contributed by atoms with E-state index in [1.54, 1.807) is 4.90 Å². The van der Waals surface area contributed by atoms with Crippen molar-refractivity contribution in [3.8, 4) is 11.1 Å². The number of aryl methyl sites for hydroxylation is 1. The molecule has 2 bridgehead atoms. The Morgan fingerprint density at radius 1 is 1.22 bits per heavy atom. The van der Waals surface area contributed by atoms with Crippen LogP contribution in [0.1, 0.15) is 35.2 Å². The van der Waals surface area contributed by atoms with Crippen LogP contribution in [-0.4, -0.2) is 41.5 Å². The van der Waals surface area contributed by atoms with Gasteiger partial charge in [0.15, 0.2) is 0 Å². The molecule has 1 amide bonds. The van der Waals surface area contributed by atoms with E-state index in [2.05, 4.69) is 24.2 Å². The molecule has 2 aromatic rings. The minimum absolute atomic E-state index is 0.123. The van der Waals surface area contributed by atoms with Crippen LogP contribution in [0.5, 0.6) is 0 Å². The summed E-state index contributed by atoms with van der Waals surface area (Å²) in [4.78, 5) is 31.7. The number of fused-ring (bicyclic) bond motifs is 2. The van der Waals surface area contributed by atoms with Crippen LogP contribution in [0.25, 0.3) is 11.1 Å². The lowest BCUT2D eigenvalue weighted by atomic mass is 9.88. The smallest absolute Gasteiger partial charge is 0.255 e. The van der Waals surface area contributed by atoms with E-state index in [4.69, 9.17) is 4.84 Å². The Balaban J connectivity index is 1.64. The molecule has 2 unspecified atom stereocenters. The van der Waals surface area contributed by atoms with Gasteiger partial charge in [-0.1, -0.05) is 41.6 Å². The first kappa shape index (κ1) is 17.5. The minimum Gasteiger partial charge on any atom is -0.399 e. The zero-order valence-electron chi connectivity index (χ0n) is 15.5. The van der Waals surface area contributed by atoms with E-state index in [9.17, 15) is 9.59 Å². The molecule has 2 aromatic carbocycles. The fourth-order valence-electron chi connectivity index (χ4n) is 4.41. The van der Waals surface area contributed by atoms with E-state index in [0.717, 1.165) is 29.5 Å². The van der Waals surface area contributed by atoms with Gasteiger partial charge >= 0.3 is 0 Å². The maximum Gasteiger partial charge on any atom is 0.255 e. The SMILES string of the molecule is CO/N=C1\CC2(C=O)CCC1N2C(=O)c1ccc(-c2ccccc2C)cc1. The molecule has 5 heteroatoms. The Labute approximate surface area is 158 Å². The first-order valence-electron chi connectivity index (χ1n) is 9.15. The van der Waals surface area contributed by atoms with Crippen LogP contribution in [0.15, 0.2) is 53.7 Å². The van der Waals surface area contributed by atoms with Gasteiger partial charge in [0.1, 0.15) is 18.9 Å². The van der Waals surface area contributed by atoms with E-state index in [1.807, 2.05) is 36.4 Å². The normalized spacial score (nSPS) is 25.0. The lowest BCUT2D eigenvalue weighted by Crippen LogP contribution is -2.46. The van der Waals surface area contributed by atoms with Gasteiger partial charge in [0, 0.05) is 12.0 Å². The zero-order chi connectivity index (χ0) is 19.0. The molecule has 27 heavy (non-hydrogen) atoms. The summed E-state index contributed by atoms with van der Waals surface area (Å²) in [5, 5.41) is 4.05. The second-order valence-corrected chi connectivity index (χ2v) is 7.29. The molecule has 0 saturated carbocycles. The molecule has 2 atom stereocenters. The number of oxime groups is 1. The Morgan fingerprint density at radius 2 is 1.96 bits per heavy atom. The van der Waals surface area contributed by atoms with E-state index >= 15 is 0 Å². The molecule has 2 aliphatic heterocycles. The number of rotatable bonds is 4. The highest BCUT2D eigenvalue weighted by molar-refractivity contribution is 6.07. The summed E-state index contributed by atoms with van der Waals surface area (Å²) < 4.78 is 0. The molecular weight excluding hydrogens is 340 g/mol. The Kier molecular flexibility index (Phi) is 4.30. The number of hydrogen-bond donors (Lipinski definition) is 0. The van der Waals surface area contributed by atoms with Crippen molar-refractivity contribution in [2.75, 3.05) is 7.11 Å². The highest BCUT2D eigenvalue weighted by Crippen LogP contribution is 2.44. The average molecular weight is 362 g/mol. The monoisotopic (exact) mass is 362 g/mol. The number of amides is 1. The number of carbonyl (C=O) groups is 2. The first-order valence-corrected chi connectivity index (χ1v) is 9.15. The number of aldehydes is 1. The lowest BCUT2D eigenvalue weighted by Gasteiger charge is -2.29. The summed E-state index contributed by atoms with van der Waals surface area (Å²) in [7, 11) is 1.49. The Bertz CT molecular complexity index is 919. The Hall–Kier alpha value is -2.95. The second kappa shape index (κ2) is 6.65. The average Bonchev–Trinajstić information content (AvgIpc) is 3.22. The maximum absolute atomic E-state index is 13.2. The van der Waals surface area contributed by atoms with Gasteiger partial charge in [0.05, 0.1) is 11.8 Å². The molecule has 0 N–H and O–H groups in total. The van der Waals surface area contributed by atoms with Crippen molar-refractivity contribution in [2.24, 2.45) is 5.16 Å². The molecule has 2 aliphatic rings. The van der Waals surface area contributed by atoms with Crippen molar-refractivity contribution in [1.82, 2.24) is 4.90 Å². The van der Waals surface area contributed by atoms with Crippen LogP contribution < -0.4 is 0 Å². The molecule has 2 fully saturated rings. The lowest BCUT2D eigenvalue weighted by molar-refractivity contribution is -0.115. The van der Waals surface area contributed by atoms with Gasteiger partial charge in [-0.15, -0.1) is 0 Å². The molecule has 5 nitrogen and oxygen atoms in total.